The van der Waals surface area contributed by atoms with Crippen LogP contribution in [0.1, 0.15) is 35.8 Å². The average Bonchev–Trinajstić information content (AvgIpc) is 2.80. The lowest BCUT2D eigenvalue weighted by molar-refractivity contribution is -0.158. The summed E-state index contributed by atoms with van der Waals surface area (Å²) < 4.78 is 18.8. The van der Waals surface area contributed by atoms with Crippen LogP contribution in [0.2, 0.25) is 0 Å². The molecule has 1 atom stereocenters. The number of amides is 1. The molecule has 1 aliphatic rings. The van der Waals surface area contributed by atoms with Gasteiger partial charge >= 0.3 is 5.97 Å². The molecule has 0 aliphatic carbocycles. The lowest BCUT2D eigenvalue weighted by atomic mass is 9.75. The third-order valence-electron chi connectivity index (χ3n) is 5.88. The van der Waals surface area contributed by atoms with Crippen molar-refractivity contribution in [1.29, 1.82) is 0 Å². The highest BCUT2D eigenvalue weighted by atomic mass is 19.1. The lowest BCUT2D eigenvalue weighted by Gasteiger charge is -2.41. The van der Waals surface area contributed by atoms with E-state index in [0.29, 0.717) is 31.5 Å². The average molecular weight is 420 g/mol. The minimum Gasteiger partial charge on any atom is -0.466 e. The van der Waals surface area contributed by atoms with Gasteiger partial charge in [0.25, 0.3) is 5.91 Å². The first-order valence-corrected chi connectivity index (χ1v) is 10.6. The summed E-state index contributed by atoms with van der Waals surface area (Å²) >= 11 is 0. The minimum atomic E-state index is -0.863. The van der Waals surface area contributed by atoms with Crippen molar-refractivity contribution in [3.8, 4) is 0 Å². The molecule has 1 amide bonds. The summed E-state index contributed by atoms with van der Waals surface area (Å²) in [6.07, 6.45) is 3.38. The maximum absolute atomic E-state index is 13.4. The summed E-state index contributed by atoms with van der Waals surface area (Å²) in [5.74, 6) is -0.835. The molecular formula is C25H25FN2O3. The Hall–Kier alpha value is -3.28. The summed E-state index contributed by atoms with van der Waals surface area (Å²) in [7, 11) is 0. The fraction of sp³-hybridized carbons (Fsp3) is 0.320. The number of nitrogens with zero attached hydrogens (tertiary/aromatic N) is 2. The molecule has 1 aromatic heterocycles. The van der Waals surface area contributed by atoms with Crippen LogP contribution in [0.3, 0.4) is 0 Å². The number of benzene rings is 2. The Morgan fingerprint density at radius 1 is 1.13 bits per heavy atom. The second-order valence-corrected chi connectivity index (χ2v) is 8.05. The third kappa shape index (κ3) is 4.43. The van der Waals surface area contributed by atoms with Gasteiger partial charge in [-0.15, -0.1) is 0 Å². The van der Waals surface area contributed by atoms with Crippen LogP contribution in [0.5, 0.6) is 0 Å². The Morgan fingerprint density at radius 3 is 2.61 bits per heavy atom. The van der Waals surface area contributed by atoms with Crippen LogP contribution >= 0.6 is 0 Å². The molecule has 0 radical (unpaired) electrons. The zero-order chi connectivity index (χ0) is 21.8. The van der Waals surface area contributed by atoms with Crippen molar-refractivity contribution in [2.75, 3.05) is 19.7 Å². The van der Waals surface area contributed by atoms with Crippen molar-refractivity contribution in [2.45, 2.75) is 26.2 Å². The highest BCUT2D eigenvalue weighted by molar-refractivity contribution is 5.96. The highest BCUT2D eigenvalue weighted by Crippen LogP contribution is 2.36. The molecule has 2 heterocycles. The molecule has 1 fully saturated rings. The number of hydrogen-bond acceptors (Lipinski definition) is 4. The van der Waals surface area contributed by atoms with Gasteiger partial charge in [0.15, 0.2) is 0 Å². The normalized spacial score (nSPS) is 18.7. The van der Waals surface area contributed by atoms with Gasteiger partial charge in [0.2, 0.25) is 0 Å². The summed E-state index contributed by atoms with van der Waals surface area (Å²) in [5, 5.41) is 1.91. The zero-order valence-electron chi connectivity index (χ0n) is 17.5. The van der Waals surface area contributed by atoms with Crippen molar-refractivity contribution in [2.24, 2.45) is 5.41 Å². The maximum Gasteiger partial charge on any atom is 0.314 e. The zero-order valence-corrected chi connectivity index (χ0v) is 17.5. The molecule has 5 nitrogen and oxygen atoms in total. The van der Waals surface area contributed by atoms with Crippen molar-refractivity contribution >= 4 is 22.6 Å². The quantitative estimate of drug-likeness (QED) is 0.574. The van der Waals surface area contributed by atoms with Crippen LogP contribution in [0.25, 0.3) is 10.8 Å². The Balaban J connectivity index is 1.61. The first kappa shape index (κ1) is 21.0. The van der Waals surface area contributed by atoms with Gasteiger partial charge in [-0.05, 0) is 55.3 Å². The van der Waals surface area contributed by atoms with Crippen LogP contribution in [-0.4, -0.2) is 41.5 Å². The van der Waals surface area contributed by atoms with E-state index < -0.39 is 5.41 Å². The fourth-order valence-corrected chi connectivity index (χ4v) is 4.33. The van der Waals surface area contributed by atoms with E-state index in [-0.39, 0.29) is 30.8 Å². The number of carbonyl (C=O) groups is 2. The first-order chi connectivity index (χ1) is 15.0. The van der Waals surface area contributed by atoms with Gasteiger partial charge in [0, 0.05) is 24.7 Å². The number of likely N-dealkylation sites (tertiary alicyclic amines) is 1. The molecule has 160 valence electrons. The number of piperidine rings is 1. The number of fused-ring (bicyclic) bond motifs is 1. The monoisotopic (exact) mass is 420 g/mol. The Kier molecular flexibility index (Phi) is 5.98. The standard InChI is InChI=1S/C25H25FN2O3/c1-2-31-24(30)25(15-18-8-10-21(26)11-9-18)12-5-13-28(17-25)23(29)22-14-19-6-3-4-7-20(19)16-27-22/h3-4,6-11,14,16H,2,5,12-13,15,17H2,1H3/t25-/m0/s1. The van der Waals surface area contributed by atoms with E-state index in [1.807, 2.05) is 24.3 Å². The molecule has 0 bridgehead atoms. The molecule has 0 saturated carbocycles. The summed E-state index contributed by atoms with van der Waals surface area (Å²) in [6.45, 7) is 2.84. The first-order valence-electron chi connectivity index (χ1n) is 10.6. The summed E-state index contributed by atoms with van der Waals surface area (Å²) in [6, 6.07) is 15.7. The van der Waals surface area contributed by atoms with E-state index in [9.17, 15) is 14.0 Å². The van der Waals surface area contributed by atoms with Gasteiger partial charge in [-0.2, -0.15) is 0 Å². The van der Waals surface area contributed by atoms with Gasteiger partial charge in [0.1, 0.15) is 11.5 Å². The van der Waals surface area contributed by atoms with Crippen LogP contribution in [0.15, 0.2) is 60.8 Å². The van der Waals surface area contributed by atoms with Gasteiger partial charge in [-0.3, -0.25) is 14.6 Å². The van der Waals surface area contributed by atoms with Crippen LogP contribution in [0, 0.1) is 11.2 Å². The number of pyridine rings is 1. The number of halogens is 1. The second-order valence-electron chi connectivity index (χ2n) is 8.05. The molecule has 0 unspecified atom stereocenters. The second kappa shape index (κ2) is 8.84. The van der Waals surface area contributed by atoms with Crippen molar-refractivity contribution in [3.63, 3.8) is 0 Å². The number of hydrogen-bond donors (Lipinski definition) is 0. The molecular weight excluding hydrogens is 395 g/mol. The van der Waals surface area contributed by atoms with E-state index >= 15 is 0 Å². The molecule has 0 N–H and O–H groups in total. The Morgan fingerprint density at radius 2 is 1.87 bits per heavy atom. The van der Waals surface area contributed by atoms with E-state index in [2.05, 4.69) is 4.98 Å². The molecule has 0 spiro atoms. The van der Waals surface area contributed by atoms with Gasteiger partial charge in [-0.25, -0.2) is 4.39 Å². The number of ether oxygens (including phenoxy) is 1. The predicted molar refractivity (Wildman–Crippen MR) is 116 cm³/mol. The van der Waals surface area contributed by atoms with E-state index in [0.717, 1.165) is 16.3 Å². The minimum absolute atomic E-state index is 0.196. The Labute approximate surface area is 180 Å². The van der Waals surface area contributed by atoms with Gasteiger partial charge < -0.3 is 9.64 Å². The molecule has 31 heavy (non-hydrogen) atoms. The molecule has 3 aromatic rings. The lowest BCUT2D eigenvalue weighted by Crippen LogP contribution is -2.51. The van der Waals surface area contributed by atoms with Gasteiger partial charge in [0.05, 0.1) is 12.0 Å². The van der Waals surface area contributed by atoms with Crippen LogP contribution in [0.4, 0.5) is 4.39 Å². The molecule has 1 aliphatic heterocycles. The number of carbonyl (C=O) groups excluding carboxylic acids is 2. The van der Waals surface area contributed by atoms with E-state index in [1.165, 1.54) is 12.1 Å². The molecule has 4 rings (SSSR count). The van der Waals surface area contributed by atoms with Crippen LogP contribution in [-0.2, 0) is 16.0 Å². The summed E-state index contributed by atoms with van der Waals surface area (Å²) in [4.78, 5) is 32.3. The van der Waals surface area contributed by atoms with Crippen molar-refractivity contribution in [3.05, 3.63) is 77.9 Å². The van der Waals surface area contributed by atoms with E-state index in [4.69, 9.17) is 4.74 Å². The third-order valence-corrected chi connectivity index (χ3v) is 5.88. The van der Waals surface area contributed by atoms with Crippen molar-refractivity contribution < 1.29 is 18.7 Å². The highest BCUT2D eigenvalue weighted by Gasteiger charge is 2.45. The molecule has 6 heteroatoms. The molecule has 2 aromatic carbocycles. The smallest absolute Gasteiger partial charge is 0.314 e. The van der Waals surface area contributed by atoms with Crippen molar-refractivity contribution in [1.82, 2.24) is 9.88 Å². The van der Waals surface area contributed by atoms with E-state index in [1.54, 1.807) is 36.2 Å². The topological polar surface area (TPSA) is 59.5 Å². The molecule has 1 saturated heterocycles. The maximum atomic E-state index is 13.4. The predicted octanol–water partition coefficient (Wildman–Crippen LogP) is 4.40. The number of rotatable bonds is 5. The largest absolute Gasteiger partial charge is 0.466 e. The Bertz CT molecular complexity index is 1100. The number of aromatic nitrogens is 1. The number of esters is 1. The summed E-state index contributed by atoms with van der Waals surface area (Å²) in [5.41, 5.74) is 0.339. The fourth-order valence-electron chi connectivity index (χ4n) is 4.33. The SMILES string of the molecule is CCOC(=O)[C@]1(Cc2ccc(F)cc2)CCCN(C(=O)c2cc3ccccc3cn2)C1. The van der Waals surface area contributed by atoms with Crippen LogP contribution < -0.4 is 0 Å². The van der Waals surface area contributed by atoms with Gasteiger partial charge in [-0.1, -0.05) is 36.4 Å².